The van der Waals surface area contributed by atoms with Gasteiger partial charge in [-0.3, -0.25) is 0 Å². The monoisotopic (exact) mass is 243 g/mol. The summed E-state index contributed by atoms with van der Waals surface area (Å²) in [4.78, 5) is 11.7. The van der Waals surface area contributed by atoms with E-state index >= 15 is 0 Å². The SMILES string of the molecule is CC(C)C(NC(=O)OC(C)(C)C)C1(CO)CC1. The first-order valence-corrected chi connectivity index (χ1v) is 6.30. The number of alkyl carbamates (subject to hydrolysis) is 1. The van der Waals surface area contributed by atoms with Crippen LogP contribution in [0.2, 0.25) is 0 Å². The van der Waals surface area contributed by atoms with Gasteiger partial charge in [-0.1, -0.05) is 13.8 Å². The van der Waals surface area contributed by atoms with Gasteiger partial charge in [-0.05, 0) is 39.5 Å². The molecule has 0 aliphatic heterocycles. The summed E-state index contributed by atoms with van der Waals surface area (Å²) in [5, 5.41) is 12.3. The van der Waals surface area contributed by atoms with Crippen LogP contribution in [0.3, 0.4) is 0 Å². The molecule has 17 heavy (non-hydrogen) atoms. The lowest BCUT2D eigenvalue weighted by Crippen LogP contribution is -2.48. The molecular formula is C13H25NO3. The topological polar surface area (TPSA) is 58.6 Å². The number of nitrogens with one attached hydrogen (secondary N) is 1. The Hall–Kier alpha value is -0.770. The first kappa shape index (κ1) is 14.3. The van der Waals surface area contributed by atoms with Gasteiger partial charge in [0, 0.05) is 11.5 Å². The lowest BCUT2D eigenvalue weighted by atomic mass is 9.88. The Morgan fingerprint density at radius 3 is 2.24 bits per heavy atom. The number of rotatable bonds is 4. The molecule has 100 valence electrons. The van der Waals surface area contributed by atoms with Gasteiger partial charge < -0.3 is 15.2 Å². The van der Waals surface area contributed by atoms with E-state index in [9.17, 15) is 9.90 Å². The van der Waals surface area contributed by atoms with Crippen molar-refractivity contribution in [3.8, 4) is 0 Å². The van der Waals surface area contributed by atoms with E-state index in [4.69, 9.17) is 4.74 Å². The Morgan fingerprint density at radius 2 is 1.94 bits per heavy atom. The average Bonchev–Trinajstić information content (AvgIpc) is 2.91. The highest BCUT2D eigenvalue weighted by molar-refractivity contribution is 5.68. The van der Waals surface area contributed by atoms with Crippen molar-refractivity contribution in [1.29, 1.82) is 0 Å². The Balaban J connectivity index is 2.60. The van der Waals surface area contributed by atoms with Gasteiger partial charge in [0.15, 0.2) is 0 Å². The van der Waals surface area contributed by atoms with E-state index in [1.807, 2.05) is 20.8 Å². The van der Waals surface area contributed by atoms with E-state index in [0.717, 1.165) is 12.8 Å². The maximum Gasteiger partial charge on any atom is 0.407 e. The van der Waals surface area contributed by atoms with Crippen LogP contribution in [0.4, 0.5) is 4.79 Å². The van der Waals surface area contributed by atoms with Crippen LogP contribution in [0.25, 0.3) is 0 Å². The number of hydrogen-bond donors (Lipinski definition) is 2. The second-order valence-electron chi connectivity index (χ2n) is 6.39. The molecule has 0 heterocycles. The third kappa shape index (κ3) is 3.87. The number of aliphatic hydroxyl groups is 1. The van der Waals surface area contributed by atoms with Crippen molar-refractivity contribution in [2.45, 2.75) is 59.1 Å². The normalized spacial score (nSPS) is 19.9. The second kappa shape index (κ2) is 4.84. The van der Waals surface area contributed by atoms with Crippen LogP contribution in [-0.2, 0) is 4.74 Å². The van der Waals surface area contributed by atoms with E-state index in [1.165, 1.54) is 0 Å². The maximum atomic E-state index is 11.7. The molecule has 1 unspecified atom stereocenters. The molecule has 0 aromatic rings. The Labute approximate surface area is 104 Å². The van der Waals surface area contributed by atoms with Gasteiger partial charge in [-0.15, -0.1) is 0 Å². The maximum absolute atomic E-state index is 11.7. The van der Waals surface area contributed by atoms with E-state index in [0.29, 0.717) is 0 Å². The van der Waals surface area contributed by atoms with Gasteiger partial charge in [0.1, 0.15) is 5.60 Å². The molecule has 0 saturated heterocycles. The predicted molar refractivity (Wildman–Crippen MR) is 66.7 cm³/mol. The summed E-state index contributed by atoms with van der Waals surface area (Å²) in [7, 11) is 0. The molecule has 0 aromatic carbocycles. The minimum absolute atomic E-state index is 0.0117. The molecule has 2 N–H and O–H groups in total. The van der Waals surface area contributed by atoms with Crippen LogP contribution in [0.15, 0.2) is 0 Å². The van der Waals surface area contributed by atoms with Gasteiger partial charge in [-0.2, -0.15) is 0 Å². The number of carbonyl (C=O) groups is 1. The zero-order valence-corrected chi connectivity index (χ0v) is 11.5. The highest BCUT2D eigenvalue weighted by atomic mass is 16.6. The van der Waals surface area contributed by atoms with Gasteiger partial charge >= 0.3 is 6.09 Å². The molecule has 0 radical (unpaired) electrons. The molecule has 4 heteroatoms. The summed E-state index contributed by atoms with van der Waals surface area (Å²) in [5.41, 5.74) is -0.605. The van der Waals surface area contributed by atoms with Gasteiger partial charge in [0.05, 0.1) is 6.61 Å². The molecule has 1 atom stereocenters. The molecular weight excluding hydrogens is 218 g/mol. The van der Waals surface area contributed by atoms with Crippen LogP contribution >= 0.6 is 0 Å². The summed E-state index contributed by atoms with van der Waals surface area (Å²) < 4.78 is 5.25. The molecule has 1 saturated carbocycles. The Kier molecular flexibility index (Phi) is 4.07. The van der Waals surface area contributed by atoms with Crippen molar-refractivity contribution < 1.29 is 14.6 Å². The summed E-state index contributed by atoms with van der Waals surface area (Å²) in [6, 6.07) is -0.0117. The lowest BCUT2D eigenvalue weighted by molar-refractivity contribution is 0.0427. The largest absolute Gasteiger partial charge is 0.444 e. The highest BCUT2D eigenvalue weighted by Crippen LogP contribution is 2.50. The predicted octanol–water partition coefficient (Wildman–Crippen LogP) is 2.31. The molecule has 1 aliphatic rings. The fourth-order valence-electron chi connectivity index (χ4n) is 2.19. The van der Waals surface area contributed by atoms with Crippen LogP contribution in [-0.4, -0.2) is 29.4 Å². The van der Waals surface area contributed by atoms with Crippen molar-refractivity contribution in [2.75, 3.05) is 6.61 Å². The first-order valence-electron chi connectivity index (χ1n) is 6.30. The fraction of sp³-hybridized carbons (Fsp3) is 0.923. The Bertz CT molecular complexity index is 277. The van der Waals surface area contributed by atoms with Crippen LogP contribution in [0, 0.1) is 11.3 Å². The summed E-state index contributed by atoms with van der Waals surface area (Å²) in [6.07, 6.45) is 1.56. The molecule has 0 bridgehead atoms. The van der Waals surface area contributed by atoms with Gasteiger partial charge in [-0.25, -0.2) is 4.79 Å². The standard InChI is InChI=1S/C13H25NO3/c1-9(2)10(13(8-15)6-7-13)14-11(16)17-12(3,4)5/h9-10,15H,6-8H2,1-5H3,(H,14,16). The van der Waals surface area contributed by atoms with Gasteiger partial charge in [0.2, 0.25) is 0 Å². The van der Waals surface area contributed by atoms with Crippen molar-refractivity contribution in [2.24, 2.45) is 11.3 Å². The number of amides is 1. The molecule has 0 spiro atoms. The zero-order chi connectivity index (χ0) is 13.3. The first-order chi connectivity index (χ1) is 7.70. The molecule has 4 nitrogen and oxygen atoms in total. The molecule has 1 amide bonds. The number of ether oxygens (including phenoxy) is 1. The number of hydrogen-bond acceptors (Lipinski definition) is 3. The molecule has 1 rings (SSSR count). The summed E-state index contributed by atoms with van der Waals surface area (Å²) >= 11 is 0. The Morgan fingerprint density at radius 1 is 1.41 bits per heavy atom. The summed E-state index contributed by atoms with van der Waals surface area (Å²) in [5.74, 6) is 0.289. The lowest BCUT2D eigenvalue weighted by Gasteiger charge is -2.31. The van der Waals surface area contributed by atoms with Crippen molar-refractivity contribution >= 4 is 6.09 Å². The van der Waals surface area contributed by atoms with Crippen LogP contribution in [0.1, 0.15) is 47.5 Å². The van der Waals surface area contributed by atoms with E-state index in [-0.39, 0.29) is 24.0 Å². The van der Waals surface area contributed by atoms with Crippen molar-refractivity contribution in [1.82, 2.24) is 5.32 Å². The minimum atomic E-state index is -0.485. The quantitative estimate of drug-likeness (QED) is 0.796. The fourth-order valence-corrected chi connectivity index (χ4v) is 2.19. The number of carbonyl (C=O) groups excluding carboxylic acids is 1. The minimum Gasteiger partial charge on any atom is -0.444 e. The van der Waals surface area contributed by atoms with Gasteiger partial charge in [0.25, 0.3) is 0 Å². The second-order valence-corrected chi connectivity index (χ2v) is 6.39. The van der Waals surface area contributed by atoms with E-state index in [2.05, 4.69) is 19.2 Å². The third-order valence-corrected chi connectivity index (χ3v) is 3.21. The van der Waals surface area contributed by atoms with Crippen LogP contribution < -0.4 is 5.32 Å². The molecule has 0 aromatic heterocycles. The molecule has 1 aliphatic carbocycles. The van der Waals surface area contributed by atoms with Crippen molar-refractivity contribution in [3.63, 3.8) is 0 Å². The third-order valence-electron chi connectivity index (χ3n) is 3.21. The van der Waals surface area contributed by atoms with E-state index < -0.39 is 11.7 Å². The van der Waals surface area contributed by atoms with Crippen molar-refractivity contribution in [3.05, 3.63) is 0 Å². The zero-order valence-electron chi connectivity index (χ0n) is 11.5. The highest BCUT2D eigenvalue weighted by Gasteiger charge is 2.50. The summed E-state index contributed by atoms with van der Waals surface area (Å²) in [6.45, 7) is 9.77. The smallest absolute Gasteiger partial charge is 0.407 e. The average molecular weight is 243 g/mol. The van der Waals surface area contributed by atoms with E-state index in [1.54, 1.807) is 0 Å². The number of aliphatic hydroxyl groups excluding tert-OH is 1. The molecule has 1 fully saturated rings. The van der Waals surface area contributed by atoms with Crippen LogP contribution in [0.5, 0.6) is 0 Å².